The third-order valence-electron chi connectivity index (χ3n) is 14.6. The fourth-order valence-corrected chi connectivity index (χ4v) is 8.57. The van der Waals surface area contributed by atoms with E-state index in [9.17, 15) is 107 Å². The maximum atomic E-state index is 13.7. The van der Waals surface area contributed by atoms with Crippen LogP contribution in [0.4, 0.5) is 0 Å². The number of carboxylic acids is 3. The lowest BCUT2D eigenvalue weighted by atomic mass is 9.96. The topological polar surface area (TPSA) is 603 Å². The molecule has 0 spiro atoms. The molecule has 23 N–H and O–H groups in total. The zero-order valence-corrected chi connectivity index (χ0v) is 54.9. The minimum Gasteiger partial charge on any atom is -0.481 e. The summed E-state index contributed by atoms with van der Waals surface area (Å²) >= 11 is 0. The summed E-state index contributed by atoms with van der Waals surface area (Å²) in [4.78, 5) is 208. The summed E-state index contributed by atoms with van der Waals surface area (Å²) in [5.41, 5.74) is 10.9. The number of carbonyl (C=O) groups is 16. The van der Waals surface area contributed by atoms with Crippen molar-refractivity contribution in [2.24, 2.45) is 29.2 Å². The van der Waals surface area contributed by atoms with Crippen LogP contribution in [0.3, 0.4) is 0 Å². The summed E-state index contributed by atoms with van der Waals surface area (Å²) in [5, 5.41) is 89.6. The number of aliphatic hydroxyl groups is 3. The van der Waals surface area contributed by atoms with Gasteiger partial charge < -0.3 is 111 Å². The predicted octanol–water partition coefficient (Wildman–Crippen LogP) is -7.62. The van der Waals surface area contributed by atoms with E-state index >= 15 is 0 Å². The molecule has 16 atom stereocenters. The molecule has 0 fully saturated rings. The van der Waals surface area contributed by atoms with Crippen molar-refractivity contribution in [1.29, 1.82) is 0 Å². The van der Waals surface area contributed by atoms with Gasteiger partial charge in [0.25, 0.3) is 0 Å². The van der Waals surface area contributed by atoms with Crippen molar-refractivity contribution in [1.82, 2.24) is 69.1 Å². The van der Waals surface area contributed by atoms with Crippen LogP contribution in [-0.2, 0) is 76.7 Å². The van der Waals surface area contributed by atoms with E-state index in [2.05, 4.69) is 63.8 Å². The summed E-state index contributed by atoms with van der Waals surface area (Å²) in [5.74, 6) is -19.4. The Morgan fingerprint density at radius 3 is 1.27 bits per heavy atom. The Labute approximate surface area is 543 Å². The van der Waals surface area contributed by atoms with Crippen LogP contribution < -0.4 is 80.6 Å². The van der Waals surface area contributed by atoms with Gasteiger partial charge >= 0.3 is 17.9 Å². The number of carbonyl (C=O) groups excluding carboxylic acids is 13. The maximum absolute atomic E-state index is 13.7. The molecule has 13 amide bonds. The van der Waals surface area contributed by atoms with Crippen molar-refractivity contribution in [2.75, 3.05) is 26.2 Å². The smallest absolute Gasteiger partial charge is 0.326 e. The highest BCUT2D eigenvalue weighted by Crippen LogP contribution is 2.13. The molecule has 534 valence electrons. The molecule has 0 aliphatic rings. The van der Waals surface area contributed by atoms with Gasteiger partial charge in [0.2, 0.25) is 76.8 Å². The number of unbranched alkanes of at least 4 members (excludes halogenated alkanes) is 1. The minimum atomic E-state index is -2.06. The molecule has 0 unspecified atom stereocenters. The Kier molecular flexibility index (Phi) is 39.3. The standard InChI is InChI=1S/C57H99N15O22/c1-12-26(5)42(53(89)60-23-39(77)64-34(57(93)94)16-14-15-19-58)70-56(92)45(32(11)75)71-48(84)30(9)63-55(91)44(31(10)74)72-52(88)37(24-73)68-49(85)33(17-18-40(78)79)65-51(87)36(21-41(80)81)66-47(83)29(8)61-46(82)28(7)62-50(86)35(20-25(3)4)67-54(90)43(27(6)13-2)69-38(76)22-59/h25-37,42-45,73-75H,12-24,58-59H2,1-11H3,(H,60,89)(H,61,82)(H,62,86)(H,63,91)(H,64,77)(H,65,87)(H,66,83)(H,67,90)(H,68,85)(H,69,76)(H,70,92)(H,71,84)(H,72,88)(H,78,79)(H,80,81)(H,93,94)/t26-,27-,28-,29-,30-,31+,32+,33-,34-,35-,36-,37-,42-,43-,44-,45-/m0/s1. The van der Waals surface area contributed by atoms with Crippen LogP contribution in [0.5, 0.6) is 0 Å². The first kappa shape index (κ1) is 85.3. The van der Waals surface area contributed by atoms with E-state index in [0.29, 0.717) is 25.8 Å². The van der Waals surface area contributed by atoms with E-state index in [1.807, 2.05) is 5.32 Å². The summed E-state index contributed by atoms with van der Waals surface area (Å²) in [6, 6.07) is -19.4. The van der Waals surface area contributed by atoms with Crippen LogP contribution in [0.1, 0.15) is 134 Å². The molecule has 0 radical (unpaired) electrons. The van der Waals surface area contributed by atoms with Gasteiger partial charge in [-0.15, -0.1) is 0 Å². The predicted molar refractivity (Wildman–Crippen MR) is 331 cm³/mol. The number of nitrogens with one attached hydrogen (secondary N) is 13. The molecule has 0 rings (SSSR count). The highest BCUT2D eigenvalue weighted by molar-refractivity contribution is 6.00. The van der Waals surface area contributed by atoms with E-state index in [1.165, 1.54) is 6.92 Å². The van der Waals surface area contributed by atoms with Crippen molar-refractivity contribution < 1.29 is 107 Å². The molecule has 0 saturated carbocycles. The molecule has 0 aliphatic carbocycles. The van der Waals surface area contributed by atoms with E-state index in [-0.39, 0.29) is 31.1 Å². The number of aliphatic hydroxyl groups excluding tert-OH is 3. The SMILES string of the molecule is CC[C@H](C)[C@H](NC(=O)CN)C(=O)N[C@@H](CC(C)C)C(=O)N[C@@H](C)C(=O)N[C@@H](C)C(=O)N[C@@H](CC(=O)O)C(=O)N[C@@H](CCC(=O)O)C(=O)N[C@@H](CO)C(=O)N[C@H](C(=O)N[C@@H](C)C(=O)N[C@H](C(=O)N[C@H](C(=O)NCC(=O)N[C@@H](CCCCN)C(=O)O)[C@@H](C)CC)[C@@H](C)O)[C@@H](C)O. The molecule has 37 heteroatoms. The van der Waals surface area contributed by atoms with E-state index in [0.717, 1.165) is 27.7 Å². The second kappa shape index (κ2) is 43.3. The van der Waals surface area contributed by atoms with Crippen molar-refractivity contribution in [3.8, 4) is 0 Å². The van der Waals surface area contributed by atoms with Crippen molar-refractivity contribution in [3.63, 3.8) is 0 Å². The number of hydrogen-bond donors (Lipinski definition) is 21. The number of nitrogens with two attached hydrogens (primary N) is 2. The molecule has 0 aromatic heterocycles. The first-order valence-electron chi connectivity index (χ1n) is 30.7. The Morgan fingerprint density at radius 2 is 0.798 bits per heavy atom. The zero-order valence-electron chi connectivity index (χ0n) is 54.9. The Bertz CT molecular complexity index is 2630. The zero-order chi connectivity index (χ0) is 72.4. The van der Waals surface area contributed by atoms with Crippen molar-refractivity contribution in [2.45, 2.75) is 219 Å². The molecule has 0 bridgehead atoms. The molecular formula is C57H99N15O22. The van der Waals surface area contributed by atoms with Crippen LogP contribution in [0.25, 0.3) is 0 Å². The lowest BCUT2D eigenvalue weighted by molar-refractivity contribution is -0.142. The molecule has 0 saturated heterocycles. The fraction of sp³-hybridized carbons (Fsp3) is 0.719. The second-order valence-electron chi connectivity index (χ2n) is 23.2. The van der Waals surface area contributed by atoms with Gasteiger partial charge in [-0.1, -0.05) is 54.4 Å². The Balaban J connectivity index is 6.22. The minimum absolute atomic E-state index is 0.0675. The summed E-state index contributed by atoms with van der Waals surface area (Å²) in [6.07, 6.45) is -4.44. The molecular weight excluding hydrogens is 1250 g/mol. The second-order valence-corrected chi connectivity index (χ2v) is 23.2. The molecule has 37 nitrogen and oxygen atoms in total. The van der Waals surface area contributed by atoms with Gasteiger partial charge in [0.1, 0.15) is 72.5 Å². The largest absolute Gasteiger partial charge is 0.481 e. The molecule has 0 aromatic rings. The number of hydrogen-bond acceptors (Lipinski definition) is 21. The van der Waals surface area contributed by atoms with Crippen LogP contribution in [0.2, 0.25) is 0 Å². The van der Waals surface area contributed by atoms with E-state index < -0.39 is 224 Å². The number of rotatable bonds is 45. The molecule has 0 heterocycles. The van der Waals surface area contributed by atoms with E-state index in [1.54, 1.807) is 41.5 Å². The van der Waals surface area contributed by atoms with Crippen molar-refractivity contribution >= 4 is 94.7 Å². The van der Waals surface area contributed by atoms with Gasteiger partial charge in [-0.25, -0.2) is 4.79 Å². The monoisotopic (exact) mass is 1350 g/mol. The van der Waals surface area contributed by atoms with Gasteiger partial charge in [-0.2, -0.15) is 0 Å². The highest BCUT2D eigenvalue weighted by Gasteiger charge is 2.38. The number of aliphatic carboxylic acids is 3. The molecule has 94 heavy (non-hydrogen) atoms. The highest BCUT2D eigenvalue weighted by atomic mass is 16.4. The third kappa shape index (κ3) is 31.3. The van der Waals surface area contributed by atoms with Gasteiger partial charge in [-0.3, -0.25) is 71.9 Å². The first-order valence-corrected chi connectivity index (χ1v) is 30.7. The number of carboxylic acid groups (broad SMARTS) is 3. The lowest BCUT2D eigenvalue weighted by Crippen LogP contribution is -2.63. The Morgan fingerprint density at radius 1 is 0.394 bits per heavy atom. The summed E-state index contributed by atoms with van der Waals surface area (Å²) < 4.78 is 0. The van der Waals surface area contributed by atoms with Gasteiger partial charge in [-0.05, 0) is 91.0 Å². The van der Waals surface area contributed by atoms with Gasteiger partial charge in [0, 0.05) is 6.42 Å². The number of amides is 13. The van der Waals surface area contributed by atoms with Crippen LogP contribution >= 0.6 is 0 Å². The lowest BCUT2D eigenvalue weighted by Gasteiger charge is -2.29. The quantitative estimate of drug-likeness (QED) is 0.0252. The molecule has 0 aliphatic heterocycles. The Hall–Kier alpha value is -8.68. The van der Waals surface area contributed by atoms with Crippen molar-refractivity contribution in [3.05, 3.63) is 0 Å². The van der Waals surface area contributed by atoms with Gasteiger partial charge in [0.05, 0.1) is 38.3 Å². The summed E-state index contributed by atoms with van der Waals surface area (Å²) in [6.45, 7) is 13.8. The average molecular weight is 1350 g/mol. The van der Waals surface area contributed by atoms with E-state index in [4.69, 9.17) is 11.5 Å². The van der Waals surface area contributed by atoms with Crippen LogP contribution in [0, 0.1) is 17.8 Å². The normalized spacial score (nSPS) is 16.2. The average Bonchev–Trinajstić information content (AvgIpc) is 1.03. The third-order valence-corrected chi connectivity index (χ3v) is 14.6. The first-order chi connectivity index (χ1) is 43.8. The molecule has 0 aromatic carbocycles. The summed E-state index contributed by atoms with van der Waals surface area (Å²) in [7, 11) is 0. The van der Waals surface area contributed by atoms with Crippen LogP contribution in [-0.4, -0.2) is 236 Å². The fourth-order valence-electron chi connectivity index (χ4n) is 8.57. The maximum Gasteiger partial charge on any atom is 0.326 e. The van der Waals surface area contributed by atoms with Gasteiger partial charge in [0.15, 0.2) is 0 Å². The van der Waals surface area contributed by atoms with Crippen LogP contribution in [0.15, 0.2) is 0 Å².